The largest absolute Gasteiger partial charge is 0.394 e. The zero-order valence-electron chi connectivity index (χ0n) is 24.5. The molecule has 3 aromatic carbocycles. The second-order valence-electron chi connectivity index (χ2n) is 12.3. The van der Waals surface area contributed by atoms with Crippen LogP contribution in [-0.2, 0) is 6.42 Å². The third-order valence-corrected chi connectivity index (χ3v) is 17.3. The summed E-state index contributed by atoms with van der Waals surface area (Å²) in [7, 11) is -3.22. The van der Waals surface area contributed by atoms with Crippen LogP contribution in [0.3, 0.4) is 0 Å². The fourth-order valence-corrected chi connectivity index (χ4v) is 15.5. The maximum absolute atomic E-state index is 17.2. The highest BCUT2D eigenvalue weighted by Crippen LogP contribution is 2.55. The molecule has 2 N–H and O–H groups in total. The summed E-state index contributed by atoms with van der Waals surface area (Å²) < 4.78 is 18.7. The second kappa shape index (κ2) is 11.9. The van der Waals surface area contributed by atoms with Crippen molar-refractivity contribution in [2.75, 3.05) is 0 Å². The molecule has 0 radical (unpaired) electrons. The molecule has 0 aliphatic carbocycles. The Morgan fingerprint density at radius 2 is 1.48 bits per heavy atom. The van der Waals surface area contributed by atoms with Crippen LogP contribution in [-0.4, -0.2) is 60.6 Å². The van der Waals surface area contributed by atoms with Gasteiger partial charge >= 0.3 is 0 Å². The molecule has 1 saturated heterocycles. The van der Waals surface area contributed by atoms with Crippen molar-refractivity contribution in [2.24, 2.45) is 0 Å². The molecule has 5 aromatic rings. The first-order chi connectivity index (χ1) is 21.0. The summed E-state index contributed by atoms with van der Waals surface area (Å²) in [6.45, 7) is 6.40. The number of hydrogen-bond donors (Lipinski definition) is 2. The average molecular weight is 668 g/mol. The monoisotopic (exact) mass is 666 g/mol. The molecule has 2 aromatic heterocycles. The summed E-state index contributed by atoms with van der Waals surface area (Å²) in [6, 6.07) is 29.4. The first kappa shape index (κ1) is 31.2. The maximum Gasteiger partial charge on any atom is 0.225 e. The first-order valence-corrected chi connectivity index (χ1v) is 18.2. The molecule has 6 nitrogen and oxygen atoms in total. The number of thioether (sulfide) groups is 1. The van der Waals surface area contributed by atoms with Crippen molar-refractivity contribution in [1.82, 2.24) is 19.5 Å². The van der Waals surface area contributed by atoms with Gasteiger partial charge in [-0.15, -0.1) is 11.8 Å². The third-order valence-electron chi connectivity index (χ3n) is 8.83. The van der Waals surface area contributed by atoms with E-state index >= 15 is 4.39 Å². The molecule has 1 unspecified atom stereocenters. The lowest BCUT2D eigenvalue weighted by Gasteiger charge is -2.50. The van der Waals surface area contributed by atoms with Crippen LogP contribution in [0.2, 0.25) is 15.5 Å². The standard InChI is InChI=1S/C33H33Cl2FN4O2SSi/c1-32(2,3)44(22-15-9-5-10-16-22,23-17-11-6-12-18-23)30(41)26-33(42,19-21-13-7-4-8-14-21)25(36)29(43-26)40-20-37-24-27(34)38-31(35)39-28(24)40/h4-18,20,25-26,29-30,41-42H,19H2,1-3H3/t25-,26-,29-,30?,33-/m0/s1. The smallest absolute Gasteiger partial charge is 0.225 e. The molecule has 228 valence electrons. The normalized spacial score (nSPS) is 23.2. The van der Waals surface area contributed by atoms with Gasteiger partial charge in [0.25, 0.3) is 0 Å². The molecule has 6 rings (SSSR count). The van der Waals surface area contributed by atoms with E-state index < -0.39 is 41.2 Å². The van der Waals surface area contributed by atoms with E-state index in [9.17, 15) is 10.2 Å². The summed E-state index contributed by atoms with van der Waals surface area (Å²) in [5.74, 6) is 0. The van der Waals surface area contributed by atoms with Crippen molar-refractivity contribution in [3.8, 4) is 0 Å². The van der Waals surface area contributed by atoms with E-state index in [4.69, 9.17) is 23.2 Å². The number of rotatable bonds is 7. The SMILES string of the molecule is CC(C)(C)[Si](c1ccccc1)(c1ccccc1)C(O)[C@@H]1S[C@H](n2cnc3c(Cl)nc(Cl)nc32)[C@H](F)[C@@]1(O)Cc1ccccc1. The van der Waals surface area contributed by atoms with Crippen LogP contribution in [0.5, 0.6) is 0 Å². The molecule has 1 aliphatic rings. The molecule has 44 heavy (non-hydrogen) atoms. The van der Waals surface area contributed by atoms with E-state index in [0.717, 1.165) is 15.9 Å². The summed E-state index contributed by atoms with van der Waals surface area (Å²) in [6.07, 6.45) is -0.357. The van der Waals surface area contributed by atoms with Crippen molar-refractivity contribution >= 4 is 64.6 Å². The van der Waals surface area contributed by atoms with Crippen LogP contribution >= 0.6 is 35.0 Å². The van der Waals surface area contributed by atoms with Crippen LogP contribution < -0.4 is 10.4 Å². The fourth-order valence-electron chi connectivity index (χ4n) is 6.91. The Labute approximate surface area is 271 Å². The van der Waals surface area contributed by atoms with Gasteiger partial charge in [-0.1, -0.05) is 134 Å². The Balaban J connectivity index is 1.57. The highest BCUT2D eigenvalue weighted by atomic mass is 35.5. The van der Waals surface area contributed by atoms with Gasteiger partial charge in [0, 0.05) is 6.42 Å². The Bertz CT molecular complexity index is 1720. The van der Waals surface area contributed by atoms with Gasteiger partial charge in [-0.3, -0.25) is 4.57 Å². The zero-order valence-corrected chi connectivity index (χ0v) is 27.8. The molecule has 1 fully saturated rings. The van der Waals surface area contributed by atoms with Gasteiger partial charge in [0.1, 0.15) is 16.5 Å². The highest BCUT2D eigenvalue weighted by Gasteiger charge is 2.65. The van der Waals surface area contributed by atoms with Crippen molar-refractivity contribution in [3.63, 3.8) is 0 Å². The number of aliphatic hydroxyl groups is 2. The molecule has 0 saturated carbocycles. The Morgan fingerprint density at radius 3 is 2.02 bits per heavy atom. The minimum absolute atomic E-state index is 0.00155. The van der Waals surface area contributed by atoms with Crippen molar-refractivity contribution in [2.45, 2.75) is 60.4 Å². The van der Waals surface area contributed by atoms with Crippen LogP contribution in [0.4, 0.5) is 4.39 Å². The van der Waals surface area contributed by atoms with Gasteiger partial charge in [-0.25, -0.2) is 14.4 Å². The number of alkyl halides is 1. The third kappa shape index (κ3) is 5.07. The lowest BCUT2D eigenvalue weighted by Crippen LogP contribution is -2.75. The lowest BCUT2D eigenvalue weighted by atomic mass is 9.86. The maximum atomic E-state index is 17.2. The molecule has 3 heterocycles. The van der Waals surface area contributed by atoms with Crippen LogP contribution in [0, 0.1) is 0 Å². The fraction of sp³-hybridized carbons (Fsp3) is 0.303. The van der Waals surface area contributed by atoms with Gasteiger partial charge in [0.05, 0.1) is 17.3 Å². The van der Waals surface area contributed by atoms with E-state index in [0.29, 0.717) is 0 Å². The number of aliphatic hydroxyl groups excluding tert-OH is 1. The van der Waals surface area contributed by atoms with Gasteiger partial charge < -0.3 is 10.2 Å². The van der Waals surface area contributed by atoms with Crippen LogP contribution in [0.1, 0.15) is 31.7 Å². The zero-order chi connectivity index (χ0) is 31.3. The lowest BCUT2D eigenvalue weighted by molar-refractivity contribution is -0.0471. The molecular formula is C33H33Cl2FN4O2SSi. The molecule has 0 amide bonds. The van der Waals surface area contributed by atoms with Crippen molar-refractivity contribution in [3.05, 3.63) is 113 Å². The number of nitrogens with zero attached hydrogens (tertiary/aromatic N) is 4. The van der Waals surface area contributed by atoms with E-state index in [-0.39, 0.29) is 28.0 Å². The predicted molar refractivity (Wildman–Crippen MR) is 179 cm³/mol. The van der Waals surface area contributed by atoms with Gasteiger partial charge in [-0.2, -0.15) is 4.98 Å². The van der Waals surface area contributed by atoms with E-state index in [1.165, 1.54) is 18.1 Å². The number of halogens is 3. The average Bonchev–Trinajstić information content (AvgIpc) is 3.52. The van der Waals surface area contributed by atoms with Crippen LogP contribution in [0.15, 0.2) is 97.3 Å². The number of aromatic nitrogens is 4. The number of hydrogen-bond acceptors (Lipinski definition) is 6. The van der Waals surface area contributed by atoms with E-state index in [1.807, 2.05) is 66.7 Å². The molecule has 0 bridgehead atoms. The Kier molecular flexibility index (Phi) is 8.41. The van der Waals surface area contributed by atoms with E-state index in [2.05, 4.69) is 60.0 Å². The van der Waals surface area contributed by atoms with E-state index in [1.54, 1.807) is 4.57 Å². The minimum Gasteiger partial charge on any atom is -0.394 e. The van der Waals surface area contributed by atoms with Gasteiger partial charge in [-0.05, 0) is 22.2 Å². The molecule has 5 atom stereocenters. The van der Waals surface area contributed by atoms with Crippen LogP contribution in [0.25, 0.3) is 11.2 Å². The summed E-state index contributed by atoms with van der Waals surface area (Å²) in [5.41, 5.74) is -1.75. The van der Waals surface area contributed by atoms with Crippen molar-refractivity contribution < 1.29 is 14.6 Å². The molecular weight excluding hydrogens is 634 g/mol. The van der Waals surface area contributed by atoms with Gasteiger partial charge in [0.2, 0.25) is 5.28 Å². The molecule has 1 aliphatic heterocycles. The number of benzene rings is 3. The van der Waals surface area contributed by atoms with Crippen molar-refractivity contribution in [1.29, 1.82) is 0 Å². The molecule has 0 spiro atoms. The number of fused-ring (bicyclic) bond motifs is 1. The quantitative estimate of drug-likeness (QED) is 0.126. The topological polar surface area (TPSA) is 84.1 Å². The minimum atomic E-state index is -3.22. The first-order valence-electron chi connectivity index (χ1n) is 14.4. The summed E-state index contributed by atoms with van der Waals surface area (Å²) in [5, 5.41) is 25.3. The highest BCUT2D eigenvalue weighted by molar-refractivity contribution is 8.00. The Hall–Kier alpha value is -2.79. The predicted octanol–water partition coefficient (Wildman–Crippen LogP) is 6.02. The molecule has 11 heteroatoms. The summed E-state index contributed by atoms with van der Waals surface area (Å²) >= 11 is 13.7. The summed E-state index contributed by atoms with van der Waals surface area (Å²) in [4.78, 5) is 12.6. The van der Waals surface area contributed by atoms with Gasteiger partial charge in [0.15, 0.2) is 25.0 Å². The second-order valence-corrected chi connectivity index (χ2v) is 19.2. The number of imidazole rings is 1. The Morgan fingerprint density at radius 1 is 0.932 bits per heavy atom.